The van der Waals surface area contributed by atoms with E-state index >= 15 is 0 Å². The highest BCUT2D eigenvalue weighted by atomic mass is 16.5. The first-order chi connectivity index (χ1) is 8.58. The summed E-state index contributed by atoms with van der Waals surface area (Å²) >= 11 is 0. The topological polar surface area (TPSA) is 42.4 Å². The molecule has 1 aromatic heterocycles. The van der Waals surface area contributed by atoms with Crippen molar-refractivity contribution in [3.05, 3.63) is 53.2 Å². The van der Waals surface area contributed by atoms with Crippen molar-refractivity contribution >= 4 is 0 Å². The van der Waals surface area contributed by atoms with Crippen LogP contribution < -0.4 is 4.74 Å². The van der Waals surface area contributed by atoms with Gasteiger partial charge in [-0.2, -0.15) is 0 Å². The van der Waals surface area contributed by atoms with Crippen LogP contribution in [0, 0.1) is 13.8 Å². The van der Waals surface area contributed by atoms with Gasteiger partial charge in [0.15, 0.2) is 0 Å². The molecule has 0 bridgehead atoms. The summed E-state index contributed by atoms with van der Waals surface area (Å²) < 4.78 is 5.81. The summed E-state index contributed by atoms with van der Waals surface area (Å²) in [5.74, 6) is 1.23. The number of rotatable bonds is 3. The van der Waals surface area contributed by atoms with Crippen molar-refractivity contribution < 1.29 is 9.84 Å². The lowest BCUT2D eigenvalue weighted by Gasteiger charge is -2.13. The Morgan fingerprint density at radius 3 is 2.72 bits per heavy atom. The highest BCUT2D eigenvalue weighted by Crippen LogP contribution is 2.29. The lowest BCUT2D eigenvalue weighted by molar-refractivity contribution is 0.194. The number of hydrogen-bond donors (Lipinski definition) is 1. The van der Waals surface area contributed by atoms with Crippen LogP contribution in [0.5, 0.6) is 11.6 Å². The molecule has 0 spiro atoms. The van der Waals surface area contributed by atoms with Gasteiger partial charge in [0.05, 0.1) is 6.10 Å². The molecule has 3 heteroatoms. The molecule has 1 unspecified atom stereocenters. The van der Waals surface area contributed by atoms with Crippen molar-refractivity contribution in [3.63, 3.8) is 0 Å². The Bertz CT molecular complexity index is 550. The van der Waals surface area contributed by atoms with Crippen LogP contribution in [0.1, 0.15) is 29.7 Å². The van der Waals surface area contributed by atoms with Crippen LogP contribution in [-0.4, -0.2) is 10.1 Å². The van der Waals surface area contributed by atoms with Gasteiger partial charge < -0.3 is 9.84 Å². The second-order valence-electron chi connectivity index (χ2n) is 4.44. The van der Waals surface area contributed by atoms with Crippen molar-refractivity contribution in [2.24, 2.45) is 0 Å². The van der Waals surface area contributed by atoms with Crippen LogP contribution in [0.4, 0.5) is 0 Å². The summed E-state index contributed by atoms with van der Waals surface area (Å²) in [5.41, 5.74) is 2.87. The summed E-state index contributed by atoms with van der Waals surface area (Å²) in [6.07, 6.45) is 1.06. The minimum absolute atomic E-state index is 0.459. The number of aryl methyl sites for hydroxylation is 2. The average molecular weight is 243 g/mol. The fraction of sp³-hybridized carbons (Fsp3) is 0.267. The van der Waals surface area contributed by atoms with Gasteiger partial charge in [0.1, 0.15) is 5.75 Å². The third kappa shape index (κ3) is 2.68. The quantitative estimate of drug-likeness (QED) is 0.896. The van der Waals surface area contributed by atoms with Crippen molar-refractivity contribution in [1.82, 2.24) is 4.98 Å². The molecule has 18 heavy (non-hydrogen) atoms. The Labute approximate surface area is 107 Å². The number of hydrogen-bond acceptors (Lipinski definition) is 3. The standard InChI is InChI=1S/C15H17NO2/c1-10-6-7-11(2)14(9-10)18-15-13(12(3)17)5-4-8-16-15/h4-9,12,17H,1-3H3. The SMILES string of the molecule is Cc1ccc(C)c(Oc2ncccc2C(C)O)c1. The summed E-state index contributed by atoms with van der Waals surface area (Å²) in [6, 6.07) is 9.62. The molecule has 2 rings (SSSR count). The molecule has 0 aliphatic rings. The minimum Gasteiger partial charge on any atom is -0.438 e. The molecular formula is C15H17NO2. The molecule has 3 nitrogen and oxygen atoms in total. The normalized spacial score (nSPS) is 12.2. The Morgan fingerprint density at radius 1 is 1.22 bits per heavy atom. The maximum atomic E-state index is 9.69. The Balaban J connectivity index is 2.37. The fourth-order valence-corrected chi connectivity index (χ4v) is 1.73. The van der Waals surface area contributed by atoms with E-state index < -0.39 is 6.10 Å². The second-order valence-corrected chi connectivity index (χ2v) is 4.44. The smallest absolute Gasteiger partial charge is 0.225 e. The van der Waals surface area contributed by atoms with Crippen LogP contribution in [0.3, 0.4) is 0 Å². The van der Waals surface area contributed by atoms with Gasteiger partial charge in [-0.15, -0.1) is 0 Å². The summed E-state index contributed by atoms with van der Waals surface area (Å²) in [5, 5.41) is 9.69. The Morgan fingerprint density at radius 2 is 2.00 bits per heavy atom. The largest absolute Gasteiger partial charge is 0.438 e. The van der Waals surface area contributed by atoms with E-state index in [9.17, 15) is 5.11 Å². The van der Waals surface area contributed by atoms with E-state index in [1.54, 1.807) is 19.2 Å². The van der Waals surface area contributed by atoms with Gasteiger partial charge in [-0.25, -0.2) is 4.98 Å². The van der Waals surface area contributed by atoms with E-state index in [1.807, 2.05) is 38.1 Å². The van der Waals surface area contributed by atoms with E-state index in [-0.39, 0.29) is 0 Å². The average Bonchev–Trinajstić information content (AvgIpc) is 2.34. The number of aromatic nitrogens is 1. The van der Waals surface area contributed by atoms with E-state index in [0.717, 1.165) is 16.9 Å². The molecule has 0 aliphatic heterocycles. The molecule has 0 saturated carbocycles. The van der Waals surface area contributed by atoms with Gasteiger partial charge in [0.25, 0.3) is 0 Å². The monoisotopic (exact) mass is 243 g/mol. The van der Waals surface area contributed by atoms with E-state index in [2.05, 4.69) is 4.98 Å². The van der Waals surface area contributed by atoms with Gasteiger partial charge in [0, 0.05) is 11.8 Å². The molecule has 1 aromatic carbocycles. The number of ether oxygens (including phenoxy) is 1. The molecule has 0 saturated heterocycles. The number of benzene rings is 1. The second kappa shape index (κ2) is 5.19. The highest BCUT2D eigenvalue weighted by Gasteiger charge is 2.11. The van der Waals surface area contributed by atoms with Crippen LogP contribution in [-0.2, 0) is 0 Å². The van der Waals surface area contributed by atoms with Crippen LogP contribution in [0.2, 0.25) is 0 Å². The zero-order valence-corrected chi connectivity index (χ0v) is 10.8. The van der Waals surface area contributed by atoms with E-state index in [4.69, 9.17) is 4.74 Å². The lowest BCUT2D eigenvalue weighted by Crippen LogP contribution is -1.99. The molecular weight excluding hydrogens is 226 g/mol. The lowest BCUT2D eigenvalue weighted by atomic mass is 10.1. The van der Waals surface area contributed by atoms with Gasteiger partial charge >= 0.3 is 0 Å². The molecule has 0 fully saturated rings. The zero-order valence-electron chi connectivity index (χ0n) is 10.8. The molecule has 1 heterocycles. The first-order valence-corrected chi connectivity index (χ1v) is 5.96. The first-order valence-electron chi connectivity index (χ1n) is 5.96. The maximum Gasteiger partial charge on any atom is 0.225 e. The van der Waals surface area contributed by atoms with E-state index in [0.29, 0.717) is 11.4 Å². The highest BCUT2D eigenvalue weighted by molar-refractivity contribution is 5.40. The summed E-state index contributed by atoms with van der Waals surface area (Å²) in [6.45, 7) is 5.70. The van der Waals surface area contributed by atoms with Crippen molar-refractivity contribution in [3.8, 4) is 11.6 Å². The first kappa shape index (κ1) is 12.6. The van der Waals surface area contributed by atoms with Crippen molar-refractivity contribution in [2.75, 3.05) is 0 Å². The molecule has 2 aromatic rings. The molecule has 1 N–H and O–H groups in total. The van der Waals surface area contributed by atoms with Gasteiger partial charge in [0.2, 0.25) is 5.88 Å². The Hall–Kier alpha value is -1.87. The molecule has 0 radical (unpaired) electrons. The maximum absolute atomic E-state index is 9.69. The molecule has 94 valence electrons. The van der Waals surface area contributed by atoms with Gasteiger partial charge in [-0.05, 0) is 50.1 Å². The minimum atomic E-state index is -0.598. The van der Waals surface area contributed by atoms with Gasteiger partial charge in [-0.1, -0.05) is 12.1 Å². The number of pyridine rings is 1. The predicted octanol–water partition coefficient (Wildman–Crippen LogP) is 3.54. The van der Waals surface area contributed by atoms with Crippen LogP contribution in [0.25, 0.3) is 0 Å². The third-order valence-electron chi connectivity index (χ3n) is 2.80. The fourth-order valence-electron chi connectivity index (χ4n) is 1.73. The third-order valence-corrected chi connectivity index (χ3v) is 2.80. The molecule has 0 aliphatic carbocycles. The zero-order chi connectivity index (χ0) is 13.1. The number of aliphatic hydroxyl groups is 1. The summed E-state index contributed by atoms with van der Waals surface area (Å²) in [7, 11) is 0. The van der Waals surface area contributed by atoms with Crippen molar-refractivity contribution in [1.29, 1.82) is 0 Å². The number of nitrogens with zero attached hydrogens (tertiary/aromatic N) is 1. The van der Waals surface area contributed by atoms with Gasteiger partial charge in [-0.3, -0.25) is 0 Å². The Kier molecular flexibility index (Phi) is 3.63. The van der Waals surface area contributed by atoms with Crippen LogP contribution in [0.15, 0.2) is 36.5 Å². The molecule has 1 atom stereocenters. The number of aliphatic hydroxyl groups excluding tert-OH is 1. The van der Waals surface area contributed by atoms with Crippen LogP contribution >= 0.6 is 0 Å². The van der Waals surface area contributed by atoms with Crippen molar-refractivity contribution in [2.45, 2.75) is 26.9 Å². The molecule has 0 amide bonds. The summed E-state index contributed by atoms with van der Waals surface area (Å²) in [4.78, 5) is 4.18. The van der Waals surface area contributed by atoms with E-state index in [1.165, 1.54) is 0 Å². The predicted molar refractivity (Wildman–Crippen MR) is 70.9 cm³/mol.